The zero-order valence-electron chi connectivity index (χ0n) is 17.7. The van der Waals surface area contributed by atoms with Crippen molar-refractivity contribution in [2.24, 2.45) is 0 Å². The molecule has 1 atom stereocenters. The Kier molecular flexibility index (Phi) is 8.09. The van der Waals surface area contributed by atoms with Crippen LogP contribution < -0.4 is 10.1 Å². The molecular formula is C23H29ClN2O3. The van der Waals surface area contributed by atoms with Gasteiger partial charge < -0.3 is 15.0 Å². The number of nitrogens with one attached hydrogen (secondary N) is 1. The highest BCUT2D eigenvalue weighted by Gasteiger charge is 2.27. The van der Waals surface area contributed by atoms with E-state index in [1.807, 2.05) is 58.0 Å². The first kappa shape index (κ1) is 22.8. The van der Waals surface area contributed by atoms with E-state index in [0.29, 0.717) is 10.8 Å². The molecule has 5 nitrogen and oxygen atoms in total. The number of hydrogen-bond donors (Lipinski definition) is 1. The molecule has 2 aromatic carbocycles. The van der Waals surface area contributed by atoms with Crippen molar-refractivity contribution in [2.45, 2.75) is 53.2 Å². The lowest BCUT2D eigenvalue weighted by atomic mass is 10.1. The van der Waals surface area contributed by atoms with Gasteiger partial charge in [0.1, 0.15) is 11.8 Å². The van der Waals surface area contributed by atoms with Crippen molar-refractivity contribution in [1.82, 2.24) is 10.2 Å². The normalized spacial score (nSPS) is 11.8. The lowest BCUT2D eigenvalue weighted by Gasteiger charge is -2.29. The van der Waals surface area contributed by atoms with Crippen LogP contribution in [0.2, 0.25) is 5.02 Å². The molecule has 2 aromatic rings. The Morgan fingerprint density at radius 3 is 2.31 bits per heavy atom. The molecule has 2 amide bonds. The van der Waals surface area contributed by atoms with Crippen LogP contribution in [0, 0.1) is 13.8 Å². The maximum absolute atomic E-state index is 13.0. The summed E-state index contributed by atoms with van der Waals surface area (Å²) in [4.78, 5) is 27.1. The van der Waals surface area contributed by atoms with E-state index in [4.69, 9.17) is 16.3 Å². The van der Waals surface area contributed by atoms with E-state index in [2.05, 4.69) is 5.32 Å². The van der Waals surface area contributed by atoms with Gasteiger partial charge in [0.05, 0.1) is 0 Å². The highest BCUT2D eigenvalue weighted by Crippen LogP contribution is 2.18. The Bertz CT molecular complexity index is 847. The Balaban J connectivity index is 2.17. The van der Waals surface area contributed by atoms with Crippen LogP contribution in [0.4, 0.5) is 0 Å². The predicted octanol–water partition coefficient (Wildman–Crippen LogP) is 4.28. The Morgan fingerprint density at radius 2 is 1.72 bits per heavy atom. The van der Waals surface area contributed by atoms with E-state index < -0.39 is 6.04 Å². The molecule has 0 radical (unpaired) electrons. The second kappa shape index (κ2) is 10.3. The van der Waals surface area contributed by atoms with Gasteiger partial charge in [-0.1, -0.05) is 29.8 Å². The van der Waals surface area contributed by atoms with Gasteiger partial charge in [0, 0.05) is 17.6 Å². The number of nitrogens with zero attached hydrogens (tertiary/aromatic N) is 1. The fourth-order valence-corrected chi connectivity index (χ4v) is 3.28. The third-order valence-corrected chi connectivity index (χ3v) is 4.63. The topological polar surface area (TPSA) is 58.6 Å². The number of carbonyl (C=O) groups excluding carboxylic acids is 2. The third kappa shape index (κ3) is 7.09. The van der Waals surface area contributed by atoms with Crippen LogP contribution in [0.1, 0.15) is 37.5 Å². The molecule has 1 N–H and O–H groups in total. The highest BCUT2D eigenvalue weighted by molar-refractivity contribution is 6.30. The third-order valence-electron chi connectivity index (χ3n) is 4.40. The predicted molar refractivity (Wildman–Crippen MR) is 116 cm³/mol. The van der Waals surface area contributed by atoms with Crippen LogP contribution in [0.25, 0.3) is 0 Å². The molecule has 0 aliphatic heterocycles. The van der Waals surface area contributed by atoms with Crippen LogP contribution in [0.5, 0.6) is 5.75 Å². The molecule has 6 heteroatoms. The molecule has 2 rings (SSSR count). The molecule has 29 heavy (non-hydrogen) atoms. The molecule has 0 aliphatic rings. The summed E-state index contributed by atoms with van der Waals surface area (Å²) in [6, 6.07) is 12.4. The molecule has 0 saturated heterocycles. The first-order chi connectivity index (χ1) is 13.7. The van der Waals surface area contributed by atoms with Crippen LogP contribution in [-0.2, 0) is 16.1 Å². The molecule has 0 heterocycles. The second-order valence-electron chi connectivity index (χ2n) is 7.60. The zero-order valence-corrected chi connectivity index (χ0v) is 18.4. The number of aryl methyl sites for hydroxylation is 2. The Hall–Kier alpha value is -2.53. The van der Waals surface area contributed by atoms with E-state index >= 15 is 0 Å². The smallest absolute Gasteiger partial charge is 0.261 e. The average Bonchev–Trinajstić information content (AvgIpc) is 2.62. The van der Waals surface area contributed by atoms with Crippen molar-refractivity contribution in [3.05, 3.63) is 64.2 Å². The summed E-state index contributed by atoms with van der Waals surface area (Å²) in [6.45, 7) is 9.56. The van der Waals surface area contributed by atoms with Gasteiger partial charge in [-0.3, -0.25) is 9.59 Å². The van der Waals surface area contributed by atoms with E-state index in [1.165, 1.54) is 4.90 Å². The van der Waals surface area contributed by atoms with Gasteiger partial charge in [0.15, 0.2) is 6.61 Å². The summed E-state index contributed by atoms with van der Waals surface area (Å²) in [5, 5.41) is 3.45. The lowest BCUT2D eigenvalue weighted by Crippen LogP contribution is -2.50. The van der Waals surface area contributed by atoms with Gasteiger partial charge in [-0.15, -0.1) is 0 Å². The summed E-state index contributed by atoms with van der Waals surface area (Å²) in [7, 11) is 0. The van der Waals surface area contributed by atoms with E-state index in [1.54, 1.807) is 19.1 Å². The summed E-state index contributed by atoms with van der Waals surface area (Å²) in [6.07, 6.45) is 0. The fourth-order valence-electron chi connectivity index (χ4n) is 3.06. The molecule has 0 unspecified atom stereocenters. The van der Waals surface area contributed by atoms with Crippen molar-refractivity contribution >= 4 is 23.4 Å². The maximum Gasteiger partial charge on any atom is 0.261 e. The minimum absolute atomic E-state index is 0.0143. The van der Waals surface area contributed by atoms with Crippen molar-refractivity contribution < 1.29 is 14.3 Å². The van der Waals surface area contributed by atoms with Crippen LogP contribution in [0.15, 0.2) is 42.5 Å². The van der Waals surface area contributed by atoms with Gasteiger partial charge in [-0.25, -0.2) is 0 Å². The lowest BCUT2D eigenvalue weighted by molar-refractivity contribution is -0.142. The number of halogens is 1. The summed E-state index contributed by atoms with van der Waals surface area (Å²) < 4.78 is 5.73. The van der Waals surface area contributed by atoms with Gasteiger partial charge in [0.2, 0.25) is 5.91 Å². The van der Waals surface area contributed by atoms with Crippen molar-refractivity contribution in [3.8, 4) is 5.75 Å². The highest BCUT2D eigenvalue weighted by atomic mass is 35.5. The van der Waals surface area contributed by atoms with Gasteiger partial charge in [-0.05, 0) is 75.6 Å². The standard InChI is InChI=1S/C23H29ClN2O3/c1-15(2)25-23(28)18(5)26(13-19-7-6-8-20(24)12-19)22(27)14-29-21-10-16(3)9-17(4)11-21/h6-12,15,18H,13-14H2,1-5H3,(H,25,28)/t18-/m1/s1. The monoisotopic (exact) mass is 416 g/mol. The summed E-state index contributed by atoms with van der Waals surface area (Å²) in [5.74, 6) is 0.162. The molecule has 0 fully saturated rings. The van der Waals surface area contributed by atoms with Crippen molar-refractivity contribution in [3.63, 3.8) is 0 Å². The first-order valence-electron chi connectivity index (χ1n) is 9.71. The molecule has 156 valence electrons. The summed E-state index contributed by atoms with van der Waals surface area (Å²) in [5.41, 5.74) is 2.97. The summed E-state index contributed by atoms with van der Waals surface area (Å²) >= 11 is 6.08. The fraction of sp³-hybridized carbons (Fsp3) is 0.391. The largest absolute Gasteiger partial charge is 0.484 e. The molecule has 0 bridgehead atoms. The van der Waals surface area contributed by atoms with E-state index in [0.717, 1.165) is 16.7 Å². The Morgan fingerprint density at radius 1 is 1.07 bits per heavy atom. The van der Waals surface area contributed by atoms with Gasteiger partial charge in [0.25, 0.3) is 5.91 Å². The molecule has 0 saturated carbocycles. The van der Waals surface area contributed by atoms with Crippen molar-refractivity contribution in [2.75, 3.05) is 6.61 Å². The minimum atomic E-state index is -0.647. The van der Waals surface area contributed by atoms with Crippen LogP contribution in [-0.4, -0.2) is 35.4 Å². The number of rotatable bonds is 8. The quantitative estimate of drug-likeness (QED) is 0.698. The second-order valence-corrected chi connectivity index (χ2v) is 8.04. The minimum Gasteiger partial charge on any atom is -0.484 e. The van der Waals surface area contributed by atoms with Crippen LogP contribution >= 0.6 is 11.6 Å². The number of amides is 2. The zero-order chi connectivity index (χ0) is 21.6. The number of carbonyl (C=O) groups is 2. The average molecular weight is 417 g/mol. The number of benzene rings is 2. The molecule has 0 aliphatic carbocycles. The molecular weight excluding hydrogens is 388 g/mol. The van der Waals surface area contributed by atoms with E-state index in [9.17, 15) is 9.59 Å². The van der Waals surface area contributed by atoms with Crippen LogP contribution in [0.3, 0.4) is 0 Å². The molecule has 0 spiro atoms. The SMILES string of the molecule is Cc1cc(C)cc(OCC(=O)N(Cc2cccc(Cl)c2)[C@H](C)C(=O)NC(C)C)c1. The van der Waals surface area contributed by atoms with Gasteiger partial charge >= 0.3 is 0 Å². The number of ether oxygens (including phenoxy) is 1. The van der Waals surface area contributed by atoms with E-state index in [-0.39, 0.29) is 31.0 Å². The van der Waals surface area contributed by atoms with Gasteiger partial charge in [-0.2, -0.15) is 0 Å². The number of hydrogen-bond acceptors (Lipinski definition) is 3. The first-order valence-corrected chi connectivity index (χ1v) is 10.1. The molecule has 0 aromatic heterocycles. The maximum atomic E-state index is 13.0. The Labute approximate surface area is 178 Å². The van der Waals surface area contributed by atoms with Crippen molar-refractivity contribution in [1.29, 1.82) is 0 Å².